The van der Waals surface area contributed by atoms with Crippen LogP contribution in [0.3, 0.4) is 0 Å². The van der Waals surface area contributed by atoms with Crippen LogP contribution < -0.4 is 0 Å². The summed E-state index contributed by atoms with van der Waals surface area (Å²) in [6.07, 6.45) is -0.348. The van der Waals surface area contributed by atoms with Gasteiger partial charge < -0.3 is 4.90 Å². The van der Waals surface area contributed by atoms with Crippen molar-refractivity contribution in [2.45, 2.75) is 51.0 Å². The molecule has 2 saturated heterocycles. The van der Waals surface area contributed by atoms with Crippen LogP contribution in [0.25, 0.3) is 0 Å². The molecule has 2 fully saturated rings. The molecule has 158 valence electrons. The second-order valence-corrected chi connectivity index (χ2v) is 9.26. The van der Waals surface area contributed by atoms with Crippen LogP contribution in [0.15, 0.2) is 54.6 Å². The van der Waals surface area contributed by atoms with Gasteiger partial charge in [-0.2, -0.15) is 0 Å². The Labute approximate surface area is 175 Å². The normalized spacial score (nSPS) is 29.3. The Bertz CT molecular complexity index is 975. The zero-order valence-corrected chi connectivity index (χ0v) is 17.5. The maximum Gasteiger partial charge on any atom is 0.241 e. The lowest BCUT2D eigenvalue weighted by Gasteiger charge is -2.40. The van der Waals surface area contributed by atoms with E-state index in [1.165, 1.54) is 6.07 Å². The molecule has 2 heterocycles. The number of likely N-dealkylation sites (N-methyl/N-ethyl adjacent to an activating group) is 1. The Hall–Kier alpha value is -2.80. The maximum atomic E-state index is 14.9. The lowest BCUT2D eigenvalue weighted by molar-refractivity contribution is -0.529. The molecule has 0 bridgehead atoms. The summed E-state index contributed by atoms with van der Waals surface area (Å²) in [5.41, 5.74) is 0.640. The van der Waals surface area contributed by atoms with Crippen molar-refractivity contribution in [2.24, 2.45) is 5.41 Å². The van der Waals surface area contributed by atoms with Gasteiger partial charge >= 0.3 is 0 Å². The monoisotopic (exact) mass is 411 g/mol. The average Bonchev–Trinajstić information content (AvgIpc) is 3.15. The number of amides is 1. The second-order valence-electron chi connectivity index (χ2n) is 9.26. The third kappa shape index (κ3) is 2.99. The molecule has 1 amide bonds. The Morgan fingerprint density at radius 2 is 1.60 bits per heavy atom. The smallest absolute Gasteiger partial charge is 0.241 e. The first-order valence-electron chi connectivity index (χ1n) is 10.1. The molecule has 0 N–H and O–H groups in total. The predicted octanol–water partition coefficient (Wildman–Crippen LogP) is 3.82. The first kappa shape index (κ1) is 20.5. The van der Waals surface area contributed by atoms with Gasteiger partial charge in [0, 0.05) is 12.0 Å². The number of halogens is 1. The van der Waals surface area contributed by atoms with Gasteiger partial charge in [-0.3, -0.25) is 19.8 Å². The largest absolute Gasteiger partial charge is 0.328 e. The van der Waals surface area contributed by atoms with Gasteiger partial charge in [-0.25, -0.2) is 4.39 Å². The molecule has 6 nitrogen and oxygen atoms in total. The molecule has 4 rings (SSSR count). The Kier molecular flexibility index (Phi) is 4.89. The van der Waals surface area contributed by atoms with Crippen molar-refractivity contribution in [1.82, 2.24) is 9.80 Å². The zero-order chi connectivity index (χ0) is 21.8. The second kappa shape index (κ2) is 7.16. The van der Waals surface area contributed by atoms with E-state index in [2.05, 4.69) is 0 Å². The summed E-state index contributed by atoms with van der Waals surface area (Å²) in [7, 11) is 1.73. The summed E-state index contributed by atoms with van der Waals surface area (Å²) in [6.45, 7) is 6.05. The SMILES string of the molecule is CN1C(=O)C2[C@@H](c3ccccc3F)[C@H]([N+](=O)[O-])[C@@H](c3ccccc3)N2C1C(C)(C)C. The topological polar surface area (TPSA) is 66.7 Å². The Balaban J connectivity index is 1.98. The number of hydrogen-bond donors (Lipinski definition) is 0. The van der Waals surface area contributed by atoms with Gasteiger partial charge in [-0.05, 0) is 22.6 Å². The molecular formula is C23H26FN3O3. The summed E-state index contributed by atoms with van der Waals surface area (Å²) < 4.78 is 14.9. The van der Waals surface area contributed by atoms with Gasteiger partial charge in [-0.1, -0.05) is 69.3 Å². The number of fused-ring (bicyclic) bond motifs is 1. The van der Waals surface area contributed by atoms with Crippen LogP contribution in [0.4, 0.5) is 4.39 Å². The zero-order valence-electron chi connectivity index (χ0n) is 17.5. The lowest BCUT2D eigenvalue weighted by Crippen LogP contribution is -2.49. The number of nitrogens with zero attached hydrogens (tertiary/aromatic N) is 3. The van der Waals surface area contributed by atoms with Crippen LogP contribution >= 0.6 is 0 Å². The number of rotatable bonds is 3. The number of carbonyl (C=O) groups excluding carboxylic acids is 1. The molecule has 2 unspecified atom stereocenters. The van der Waals surface area contributed by atoms with Gasteiger partial charge in [0.25, 0.3) is 0 Å². The number of carbonyl (C=O) groups is 1. The van der Waals surface area contributed by atoms with Crippen molar-refractivity contribution < 1.29 is 14.1 Å². The third-order valence-electron chi connectivity index (χ3n) is 6.35. The van der Waals surface area contributed by atoms with E-state index in [0.29, 0.717) is 0 Å². The first-order valence-corrected chi connectivity index (χ1v) is 10.1. The van der Waals surface area contributed by atoms with E-state index in [1.54, 1.807) is 30.1 Å². The van der Waals surface area contributed by atoms with Crippen LogP contribution in [-0.2, 0) is 4.79 Å². The molecule has 7 heteroatoms. The van der Waals surface area contributed by atoms with E-state index in [9.17, 15) is 19.3 Å². The molecule has 0 radical (unpaired) electrons. The van der Waals surface area contributed by atoms with Crippen molar-refractivity contribution in [3.63, 3.8) is 0 Å². The third-order valence-corrected chi connectivity index (χ3v) is 6.35. The maximum absolute atomic E-state index is 14.9. The summed E-state index contributed by atoms with van der Waals surface area (Å²) in [5.74, 6) is -1.60. The minimum absolute atomic E-state index is 0.201. The molecule has 2 aromatic rings. The standard InChI is InChI=1S/C23H26FN3O3/c1-23(2,3)22-25(4)21(28)20-17(15-12-8-9-13-16(15)24)19(27(29)30)18(26(20)22)14-10-6-5-7-11-14/h5-13,17-20,22H,1-4H3/t17-,18+,19-,20?,22?/m0/s1. The van der Waals surface area contributed by atoms with Gasteiger partial charge in [-0.15, -0.1) is 0 Å². The van der Waals surface area contributed by atoms with Crippen LogP contribution in [0.2, 0.25) is 0 Å². The summed E-state index contributed by atoms with van der Waals surface area (Å²) in [4.78, 5) is 29.1. The number of hydrogen-bond acceptors (Lipinski definition) is 4. The molecule has 0 saturated carbocycles. The van der Waals surface area contributed by atoms with Gasteiger partial charge in [0.15, 0.2) is 0 Å². The predicted molar refractivity (Wildman–Crippen MR) is 111 cm³/mol. The molecule has 2 aromatic carbocycles. The minimum Gasteiger partial charge on any atom is -0.328 e. The van der Waals surface area contributed by atoms with Gasteiger partial charge in [0.2, 0.25) is 11.9 Å². The van der Waals surface area contributed by atoms with E-state index in [4.69, 9.17) is 0 Å². The Morgan fingerprint density at radius 1 is 1.00 bits per heavy atom. The van der Waals surface area contributed by atoms with Crippen molar-refractivity contribution in [3.05, 3.63) is 81.7 Å². The van der Waals surface area contributed by atoms with Gasteiger partial charge in [0.05, 0.1) is 12.1 Å². The highest BCUT2D eigenvalue weighted by atomic mass is 19.1. The van der Waals surface area contributed by atoms with E-state index >= 15 is 0 Å². The van der Waals surface area contributed by atoms with Crippen molar-refractivity contribution in [3.8, 4) is 0 Å². The number of nitro groups is 1. The molecule has 30 heavy (non-hydrogen) atoms. The van der Waals surface area contributed by atoms with E-state index in [0.717, 1.165) is 5.56 Å². The van der Waals surface area contributed by atoms with Gasteiger partial charge in [0.1, 0.15) is 17.9 Å². The molecule has 2 aliphatic heterocycles. The first-order chi connectivity index (χ1) is 14.1. The summed E-state index contributed by atoms with van der Waals surface area (Å²) >= 11 is 0. The lowest BCUT2D eigenvalue weighted by atomic mass is 9.84. The van der Waals surface area contributed by atoms with E-state index in [1.807, 2.05) is 56.0 Å². The quantitative estimate of drug-likeness (QED) is 0.569. The molecule has 5 atom stereocenters. The van der Waals surface area contributed by atoms with Crippen LogP contribution in [0.1, 0.15) is 43.9 Å². The minimum atomic E-state index is -1.14. The van der Waals surface area contributed by atoms with Crippen molar-refractivity contribution in [2.75, 3.05) is 7.05 Å². The molecular weight excluding hydrogens is 385 g/mol. The fraction of sp³-hybridized carbons (Fsp3) is 0.435. The fourth-order valence-corrected chi connectivity index (χ4v) is 5.43. The molecule has 0 spiro atoms. The highest BCUT2D eigenvalue weighted by Gasteiger charge is 2.67. The van der Waals surface area contributed by atoms with E-state index < -0.39 is 29.9 Å². The summed E-state index contributed by atoms with van der Waals surface area (Å²) in [6, 6.07) is 12.8. The van der Waals surface area contributed by atoms with Crippen LogP contribution in [0, 0.1) is 21.3 Å². The average molecular weight is 411 g/mol. The Morgan fingerprint density at radius 3 is 2.17 bits per heavy atom. The van der Waals surface area contributed by atoms with Crippen LogP contribution in [0.5, 0.6) is 0 Å². The molecule has 0 aliphatic carbocycles. The van der Waals surface area contributed by atoms with Crippen LogP contribution in [-0.4, -0.2) is 45.9 Å². The van der Waals surface area contributed by atoms with Crippen molar-refractivity contribution in [1.29, 1.82) is 0 Å². The number of benzene rings is 2. The fourth-order valence-electron chi connectivity index (χ4n) is 5.43. The van der Waals surface area contributed by atoms with E-state index in [-0.39, 0.29) is 28.0 Å². The highest BCUT2D eigenvalue weighted by molar-refractivity contribution is 5.86. The molecule has 2 aliphatic rings. The summed E-state index contributed by atoms with van der Waals surface area (Å²) in [5, 5.41) is 12.4. The van der Waals surface area contributed by atoms with Crippen molar-refractivity contribution >= 4 is 5.91 Å². The molecule has 0 aromatic heterocycles. The highest BCUT2D eigenvalue weighted by Crippen LogP contribution is 2.54.